The summed E-state index contributed by atoms with van der Waals surface area (Å²) in [4.78, 5) is 20.8. The van der Waals surface area contributed by atoms with Crippen LogP contribution in [0.4, 0.5) is 5.82 Å². The van der Waals surface area contributed by atoms with Crippen LogP contribution in [0.3, 0.4) is 0 Å². The number of hydrogen-bond donors (Lipinski definition) is 0. The predicted octanol–water partition coefficient (Wildman–Crippen LogP) is 3.26. The third kappa shape index (κ3) is 3.27. The zero-order chi connectivity index (χ0) is 21.4. The summed E-state index contributed by atoms with van der Waals surface area (Å²) >= 11 is 0. The minimum Gasteiger partial charge on any atom is -0.466 e. The van der Waals surface area contributed by atoms with Gasteiger partial charge < -0.3 is 9.64 Å². The summed E-state index contributed by atoms with van der Waals surface area (Å²) in [6, 6.07) is 10.4. The van der Waals surface area contributed by atoms with Crippen LogP contribution in [-0.4, -0.2) is 53.7 Å². The van der Waals surface area contributed by atoms with E-state index in [9.17, 15) is 10.1 Å². The molecule has 2 aromatic heterocycles. The number of fused-ring (bicyclic) bond motifs is 3. The van der Waals surface area contributed by atoms with Crippen molar-refractivity contribution in [2.75, 3.05) is 32.1 Å². The number of para-hydroxylation sites is 2. The molecule has 30 heavy (non-hydrogen) atoms. The number of ether oxygens (including phenoxy) is 1. The van der Waals surface area contributed by atoms with Crippen LogP contribution in [0.5, 0.6) is 0 Å². The van der Waals surface area contributed by atoms with Gasteiger partial charge in [-0.3, -0.25) is 14.1 Å². The fourth-order valence-corrected chi connectivity index (χ4v) is 4.59. The van der Waals surface area contributed by atoms with E-state index in [0.29, 0.717) is 17.6 Å². The van der Waals surface area contributed by atoms with Crippen molar-refractivity contribution in [1.82, 2.24) is 14.3 Å². The van der Waals surface area contributed by atoms with E-state index in [0.717, 1.165) is 47.4 Å². The van der Waals surface area contributed by atoms with Crippen LogP contribution >= 0.6 is 0 Å². The topological polar surface area (TPSA) is 73.9 Å². The Labute approximate surface area is 176 Å². The minimum absolute atomic E-state index is 0.258. The van der Waals surface area contributed by atoms with Crippen LogP contribution in [0, 0.1) is 18.3 Å². The summed E-state index contributed by atoms with van der Waals surface area (Å²) in [5.41, 5.74) is 5.06. The number of anilines is 1. The number of carbonyl (C=O) groups excluding carboxylic acids is 1. The van der Waals surface area contributed by atoms with Crippen molar-refractivity contribution >= 4 is 28.5 Å². The predicted molar refractivity (Wildman–Crippen MR) is 117 cm³/mol. The monoisotopic (exact) mass is 405 g/mol. The van der Waals surface area contributed by atoms with Crippen molar-refractivity contribution in [3.63, 3.8) is 0 Å². The third-order valence-electron chi connectivity index (χ3n) is 5.95. The van der Waals surface area contributed by atoms with Crippen LogP contribution in [0.25, 0.3) is 16.7 Å². The van der Waals surface area contributed by atoms with Crippen LogP contribution in [0.1, 0.15) is 36.5 Å². The van der Waals surface area contributed by atoms with Crippen molar-refractivity contribution < 1.29 is 9.53 Å². The second kappa shape index (κ2) is 7.96. The quantitative estimate of drug-likeness (QED) is 0.607. The zero-order valence-electron chi connectivity index (χ0n) is 18.0. The molecule has 4 rings (SSSR count). The Kier molecular flexibility index (Phi) is 5.35. The molecule has 7 nitrogen and oxygen atoms in total. The highest BCUT2D eigenvalue weighted by atomic mass is 16.5. The van der Waals surface area contributed by atoms with Crippen molar-refractivity contribution in [3.05, 3.63) is 41.0 Å². The Morgan fingerprint density at radius 1 is 1.37 bits per heavy atom. The molecule has 1 saturated heterocycles. The average Bonchev–Trinajstić information content (AvgIpc) is 3.33. The van der Waals surface area contributed by atoms with Gasteiger partial charge in [0.15, 0.2) is 5.65 Å². The number of pyridine rings is 1. The number of benzene rings is 1. The van der Waals surface area contributed by atoms with Crippen molar-refractivity contribution in [3.8, 4) is 6.07 Å². The molecule has 3 aromatic rings. The van der Waals surface area contributed by atoms with Gasteiger partial charge in [0.05, 0.1) is 29.4 Å². The van der Waals surface area contributed by atoms with Gasteiger partial charge >= 0.3 is 5.97 Å². The van der Waals surface area contributed by atoms with Gasteiger partial charge in [-0.05, 0) is 51.6 Å². The molecular formula is C23H27N5O2. The number of nitrogens with zero attached hydrogens (tertiary/aromatic N) is 5. The molecule has 3 heterocycles. The van der Waals surface area contributed by atoms with Gasteiger partial charge in [-0.15, -0.1) is 0 Å². The molecule has 0 spiro atoms. The number of nitriles is 1. The molecule has 0 N–H and O–H groups in total. The summed E-state index contributed by atoms with van der Waals surface area (Å²) in [5, 5.41) is 9.97. The Hall–Kier alpha value is -3.11. The molecular weight excluding hydrogens is 378 g/mol. The van der Waals surface area contributed by atoms with E-state index in [2.05, 4.69) is 34.4 Å². The molecule has 0 bridgehead atoms. The highest BCUT2D eigenvalue weighted by molar-refractivity contribution is 5.86. The zero-order valence-corrected chi connectivity index (χ0v) is 18.0. The van der Waals surface area contributed by atoms with E-state index in [1.165, 1.54) is 6.92 Å². The highest BCUT2D eigenvalue weighted by Gasteiger charge is 2.32. The normalized spacial score (nSPS) is 16.5. The number of hydrogen-bond acceptors (Lipinski definition) is 6. The van der Waals surface area contributed by atoms with E-state index in [1.807, 2.05) is 31.2 Å². The molecule has 0 aliphatic carbocycles. The maximum absolute atomic E-state index is 11.4. The molecule has 1 aliphatic heterocycles. The third-order valence-corrected chi connectivity index (χ3v) is 5.95. The van der Waals surface area contributed by atoms with Gasteiger partial charge in [-0.1, -0.05) is 12.1 Å². The fraction of sp³-hybridized carbons (Fsp3) is 0.435. The van der Waals surface area contributed by atoms with Crippen LogP contribution in [0.15, 0.2) is 24.3 Å². The first kappa shape index (κ1) is 20.2. The fourth-order valence-electron chi connectivity index (χ4n) is 4.59. The van der Waals surface area contributed by atoms with E-state index in [-0.39, 0.29) is 18.7 Å². The molecule has 0 saturated carbocycles. The van der Waals surface area contributed by atoms with E-state index >= 15 is 0 Å². The summed E-state index contributed by atoms with van der Waals surface area (Å²) in [6.07, 6.45) is 2.98. The first-order valence-electron chi connectivity index (χ1n) is 10.3. The number of rotatable bonds is 5. The molecule has 1 aromatic carbocycles. The lowest BCUT2D eigenvalue weighted by molar-refractivity contribution is -0.140. The Balaban J connectivity index is 2.04. The lowest BCUT2D eigenvalue weighted by atomic mass is 10.0. The molecule has 156 valence electrons. The SMILES string of the molecule is CC(=O)OCCc1c(C)c(C#N)c2nc3ccccc3n2c1N1CCCC1N(C)C. The maximum atomic E-state index is 11.4. The molecule has 0 radical (unpaired) electrons. The number of aromatic nitrogens is 2. The summed E-state index contributed by atoms with van der Waals surface area (Å²) in [6.45, 7) is 4.61. The van der Waals surface area contributed by atoms with Gasteiger partial charge in [-0.2, -0.15) is 5.26 Å². The van der Waals surface area contributed by atoms with Crippen molar-refractivity contribution in [2.24, 2.45) is 0 Å². The first-order chi connectivity index (χ1) is 14.4. The molecule has 1 aliphatic rings. The van der Waals surface area contributed by atoms with Crippen molar-refractivity contribution in [1.29, 1.82) is 5.26 Å². The first-order valence-corrected chi connectivity index (χ1v) is 10.3. The molecule has 1 fully saturated rings. The largest absolute Gasteiger partial charge is 0.466 e. The van der Waals surface area contributed by atoms with E-state index in [1.54, 1.807) is 0 Å². The minimum atomic E-state index is -0.295. The number of carbonyl (C=O) groups is 1. The average molecular weight is 406 g/mol. The summed E-state index contributed by atoms with van der Waals surface area (Å²) in [7, 11) is 4.20. The van der Waals surface area contributed by atoms with E-state index < -0.39 is 0 Å². The molecule has 7 heteroatoms. The lowest BCUT2D eigenvalue weighted by Crippen LogP contribution is -2.42. The summed E-state index contributed by atoms with van der Waals surface area (Å²) in [5.74, 6) is 0.759. The van der Waals surface area contributed by atoms with Crippen LogP contribution in [0.2, 0.25) is 0 Å². The second-order valence-electron chi connectivity index (χ2n) is 8.04. The molecule has 0 amide bonds. The van der Waals surface area contributed by atoms with Gasteiger partial charge in [-0.25, -0.2) is 4.98 Å². The van der Waals surface area contributed by atoms with E-state index in [4.69, 9.17) is 9.72 Å². The molecule has 1 atom stereocenters. The Bertz CT molecular complexity index is 1160. The highest BCUT2D eigenvalue weighted by Crippen LogP contribution is 2.37. The molecule has 1 unspecified atom stereocenters. The van der Waals surface area contributed by atoms with Crippen LogP contribution in [-0.2, 0) is 16.0 Å². The van der Waals surface area contributed by atoms with Gasteiger partial charge in [0.1, 0.15) is 11.9 Å². The lowest BCUT2D eigenvalue weighted by Gasteiger charge is -2.34. The Morgan fingerprint density at radius 2 is 2.13 bits per heavy atom. The smallest absolute Gasteiger partial charge is 0.302 e. The van der Waals surface area contributed by atoms with Gasteiger partial charge in [0.25, 0.3) is 0 Å². The standard InChI is InChI=1S/C23H27N5O2/c1-15-17(11-13-30-16(2)29)23(27-12-7-10-21(27)26(3)4)28-20-9-6-5-8-19(20)25-22(28)18(15)14-24/h5-6,8-9,21H,7,10-13H2,1-4H3. The summed E-state index contributed by atoms with van der Waals surface area (Å²) < 4.78 is 7.40. The van der Waals surface area contributed by atoms with Crippen molar-refractivity contribution in [2.45, 2.75) is 39.3 Å². The van der Waals surface area contributed by atoms with Gasteiger partial charge in [0, 0.05) is 25.5 Å². The number of esters is 1. The Morgan fingerprint density at radius 3 is 2.83 bits per heavy atom. The second-order valence-corrected chi connectivity index (χ2v) is 8.04. The van der Waals surface area contributed by atoms with Crippen LogP contribution < -0.4 is 4.90 Å². The van der Waals surface area contributed by atoms with Gasteiger partial charge in [0.2, 0.25) is 0 Å². The maximum Gasteiger partial charge on any atom is 0.302 e. The number of imidazole rings is 1.